The zero-order valence-electron chi connectivity index (χ0n) is 11.9. The Morgan fingerprint density at radius 1 is 1.32 bits per heavy atom. The van der Waals surface area contributed by atoms with Crippen LogP contribution in [0, 0.1) is 11.6 Å². The van der Waals surface area contributed by atoms with E-state index in [1.807, 2.05) is 0 Å². The van der Waals surface area contributed by atoms with E-state index in [9.17, 15) is 18.4 Å². The van der Waals surface area contributed by atoms with E-state index in [1.54, 1.807) is 14.1 Å². The van der Waals surface area contributed by atoms with Crippen molar-refractivity contribution in [2.75, 3.05) is 14.1 Å². The second kappa shape index (κ2) is 6.33. The van der Waals surface area contributed by atoms with Gasteiger partial charge in [0.05, 0.1) is 12.7 Å². The van der Waals surface area contributed by atoms with Crippen LogP contribution in [0.25, 0.3) is 0 Å². The minimum absolute atomic E-state index is 0.0575. The van der Waals surface area contributed by atoms with E-state index in [0.29, 0.717) is 11.8 Å². The molecule has 2 aromatic heterocycles. The second-order valence-corrected chi connectivity index (χ2v) is 4.63. The highest BCUT2D eigenvalue weighted by atomic mass is 19.1. The molecule has 0 saturated heterocycles. The molecule has 2 rings (SSSR count). The Morgan fingerprint density at radius 2 is 2.05 bits per heavy atom. The van der Waals surface area contributed by atoms with Crippen molar-refractivity contribution in [1.29, 1.82) is 0 Å². The summed E-state index contributed by atoms with van der Waals surface area (Å²) in [5.74, 6) is -2.60. The maximum absolute atomic E-state index is 13.4. The van der Waals surface area contributed by atoms with Gasteiger partial charge in [-0.05, 0) is 12.1 Å². The largest absolute Gasteiger partial charge is 0.454 e. The number of carbonyl (C=O) groups excluding carboxylic acids is 2. The molecule has 6 nitrogen and oxygen atoms in total. The molecule has 116 valence electrons. The Balaban J connectivity index is 2.01. The minimum Gasteiger partial charge on any atom is -0.454 e. The Hall–Kier alpha value is -2.77. The molecular weight excluding hydrogens is 296 g/mol. The van der Waals surface area contributed by atoms with Gasteiger partial charge in [-0.3, -0.25) is 9.59 Å². The number of carbonyl (C=O) groups is 2. The third-order valence-corrected chi connectivity index (χ3v) is 2.72. The molecule has 0 aliphatic rings. The summed E-state index contributed by atoms with van der Waals surface area (Å²) in [6.45, 7) is -0.0575. The van der Waals surface area contributed by atoms with Crippen molar-refractivity contribution in [1.82, 2.24) is 15.2 Å². The van der Waals surface area contributed by atoms with Crippen LogP contribution >= 0.6 is 0 Å². The van der Waals surface area contributed by atoms with Crippen LogP contribution in [0.3, 0.4) is 0 Å². The number of aromatic nitrogens is 1. The third kappa shape index (κ3) is 3.46. The molecule has 0 atom stereocenters. The van der Waals surface area contributed by atoms with Crippen molar-refractivity contribution in [2.24, 2.45) is 0 Å². The Kier molecular flexibility index (Phi) is 4.50. The monoisotopic (exact) mass is 309 g/mol. The maximum atomic E-state index is 13.4. The molecular formula is C14H13F2N3O3. The summed E-state index contributed by atoms with van der Waals surface area (Å²) < 4.78 is 31.4. The summed E-state index contributed by atoms with van der Waals surface area (Å²) in [6.07, 6.45) is 0.749. The number of nitrogens with zero attached hydrogens (tertiary/aromatic N) is 2. The van der Waals surface area contributed by atoms with Gasteiger partial charge in [-0.15, -0.1) is 0 Å². The zero-order valence-corrected chi connectivity index (χ0v) is 11.9. The number of halogens is 2. The summed E-state index contributed by atoms with van der Waals surface area (Å²) in [5.41, 5.74) is -0.516. The first-order valence-corrected chi connectivity index (χ1v) is 6.28. The number of pyridine rings is 1. The zero-order chi connectivity index (χ0) is 16.3. The van der Waals surface area contributed by atoms with E-state index < -0.39 is 23.2 Å². The van der Waals surface area contributed by atoms with E-state index in [2.05, 4.69) is 10.3 Å². The highest BCUT2D eigenvalue weighted by molar-refractivity contribution is 5.92. The molecule has 8 heteroatoms. The van der Waals surface area contributed by atoms with Gasteiger partial charge in [-0.25, -0.2) is 13.8 Å². The molecule has 1 N–H and O–H groups in total. The van der Waals surface area contributed by atoms with Crippen molar-refractivity contribution in [3.05, 3.63) is 53.2 Å². The lowest BCUT2D eigenvalue weighted by atomic mass is 10.3. The lowest BCUT2D eigenvalue weighted by molar-refractivity contribution is 0.0794. The van der Waals surface area contributed by atoms with Gasteiger partial charge in [-0.1, -0.05) is 0 Å². The van der Waals surface area contributed by atoms with Crippen molar-refractivity contribution in [3.63, 3.8) is 0 Å². The van der Waals surface area contributed by atoms with E-state index >= 15 is 0 Å². The highest BCUT2D eigenvalue weighted by Crippen LogP contribution is 2.10. The predicted octanol–water partition coefficient (Wildman–Crippen LogP) is 1.58. The fraction of sp³-hybridized carbons (Fsp3) is 0.214. The Labute approximate surface area is 124 Å². The quantitative estimate of drug-likeness (QED) is 0.930. The van der Waals surface area contributed by atoms with Gasteiger partial charge in [0, 0.05) is 20.2 Å². The summed E-state index contributed by atoms with van der Waals surface area (Å²) in [7, 11) is 3.16. The molecule has 0 aromatic carbocycles. The first-order chi connectivity index (χ1) is 10.4. The summed E-state index contributed by atoms with van der Waals surface area (Å²) in [4.78, 5) is 28.1. The molecule has 0 bridgehead atoms. The second-order valence-electron chi connectivity index (χ2n) is 4.63. The van der Waals surface area contributed by atoms with Crippen LogP contribution in [0.5, 0.6) is 0 Å². The standard InChI is InChI=1S/C14H13F2N3O3/c1-19(2)14(21)11-4-3-9(22-11)7-18-13(20)12-10(16)5-8(15)6-17-12/h3-6H,7H2,1-2H3,(H,18,20). The SMILES string of the molecule is CN(C)C(=O)c1ccc(CNC(=O)c2ncc(F)cc2F)o1. The molecule has 0 fully saturated rings. The topological polar surface area (TPSA) is 75.4 Å². The highest BCUT2D eigenvalue weighted by Gasteiger charge is 2.16. The van der Waals surface area contributed by atoms with E-state index in [0.717, 1.165) is 6.20 Å². The fourth-order valence-electron chi connectivity index (χ4n) is 1.64. The number of furan rings is 1. The first-order valence-electron chi connectivity index (χ1n) is 6.28. The lowest BCUT2D eigenvalue weighted by Crippen LogP contribution is -2.25. The van der Waals surface area contributed by atoms with Crippen LogP contribution in [-0.4, -0.2) is 35.8 Å². The fourth-order valence-corrected chi connectivity index (χ4v) is 1.64. The molecule has 2 heterocycles. The Bertz CT molecular complexity index is 713. The number of rotatable bonds is 4. The molecule has 0 unspecified atom stereocenters. The van der Waals surface area contributed by atoms with E-state index in [4.69, 9.17) is 4.42 Å². The van der Waals surface area contributed by atoms with Gasteiger partial charge in [0.1, 0.15) is 11.6 Å². The number of nitrogens with one attached hydrogen (secondary N) is 1. The molecule has 2 aromatic rings. The predicted molar refractivity (Wildman–Crippen MR) is 72.0 cm³/mol. The van der Waals surface area contributed by atoms with E-state index in [1.165, 1.54) is 17.0 Å². The van der Waals surface area contributed by atoms with Crippen molar-refractivity contribution in [3.8, 4) is 0 Å². The Morgan fingerprint density at radius 3 is 2.68 bits per heavy atom. The lowest BCUT2D eigenvalue weighted by Gasteiger charge is -2.07. The molecule has 0 aliphatic heterocycles. The molecule has 0 radical (unpaired) electrons. The molecule has 2 amide bonds. The van der Waals surface area contributed by atoms with Gasteiger partial charge < -0.3 is 14.6 Å². The van der Waals surface area contributed by atoms with E-state index in [-0.39, 0.29) is 18.2 Å². The molecule has 22 heavy (non-hydrogen) atoms. The van der Waals surface area contributed by atoms with Crippen molar-refractivity contribution < 1.29 is 22.8 Å². The summed E-state index contributed by atoms with van der Waals surface area (Å²) in [6, 6.07) is 3.56. The summed E-state index contributed by atoms with van der Waals surface area (Å²) >= 11 is 0. The normalized spacial score (nSPS) is 10.4. The van der Waals surface area contributed by atoms with Crippen LogP contribution in [0.1, 0.15) is 26.8 Å². The number of hydrogen-bond donors (Lipinski definition) is 1. The average Bonchev–Trinajstić information content (AvgIpc) is 2.92. The number of hydrogen-bond acceptors (Lipinski definition) is 4. The number of amides is 2. The van der Waals surface area contributed by atoms with Gasteiger partial charge in [-0.2, -0.15) is 0 Å². The van der Waals surface area contributed by atoms with Crippen molar-refractivity contribution in [2.45, 2.75) is 6.54 Å². The third-order valence-electron chi connectivity index (χ3n) is 2.72. The van der Waals surface area contributed by atoms with Gasteiger partial charge in [0.25, 0.3) is 11.8 Å². The van der Waals surface area contributed by atoms with Crippen molar-refractivity contribution >= 4 is 11.8 Å². The molecule has 0 spiro atoms. The average molecular weight is 309 g/mol. The van der Waals surface area contributed by atoms with Gasteiger partial charge in [0.2, 0.25) is 0 Å². The van der Waals surface area contributed by atoms with Crippen LogP contribution in [0.2, 0.25) is 0 Å². The van der Waals surface area contributed by atoms with Crippen LogP contribution < -0.4 is 5.32 Å². The van der Waals surface area contributed by atoms with Gasteiger partial charge in [0.15, 0.2) is 17.3 Å². The van der Waals surface area contributed by atoms with Crippen LogP contribution in [-0.2, 0) is 6.54 Å². The smallest absolute Gasteiger partial charge is 0.289 e. The van der Waals surface area contributed by atoms with Gasteiger partial charge >= 0.3 is 0 Å². The molecule has 0 aliphatic carbocycles. The first kappa shape index (κ1) is 15.6. The maximum Gasteiger partial charge on any atom is 0.289 e. The molecule has 0 saturated carbocycles. The minimum atomic E-state index is -1.06. The van der Waals surface area contributed by atoms with Crippen LogP contribution in [0.4, 0.5) is 8.78 Å². The van der Waals surface area contributed by atoms with Crippen LogP contribution in [0.15, 0.2) is 28.8 Å². The summed E-state index contributed by atoms with van der Waals surface area (Å²) in [5, 5.41) is 2.37.